The Labute approximate surface area is 149 Å². The van der Waals surface area contributed by atoms with Crippen LogP contribution in [0.3, 0.4) is 0 Å². The van der Waals surface area contributed by atoms with E-state index in [4.69, 9.17) is 0 Å². The second kappa shape index (κ2) is 8.17. The first kappa shape index (κ1) is 18.2. The van der Waals surface area contributed by atoms with Crippen molar-refractivity contribution in [1.82, 2.24) is 20.9 Å². The van der Waals surface area contributed by atoms with Gasteiger partial charge in [0.25, 0.3) is 5.91 Å². The molecule has 0 bridgehead atoms. The minimum absolute atomic E-state index is 0.185. The summed E-state index contributed by atoms with van der Waals surface area (Å²) in [5.74, 6) is -0.511. The van der Waals surface area contributed by atoms with E-state index >= 15 is 0 Å². The van der Waals surface area contributed by atoms with Gasteiger partial charge in [-0.15, -0.1) is 0 Å². The summed E-state index contributed by atoms with van der Waals surface area (Å²) >= 11 is 0. The van der Waals surface area contributed by atoms with Gasteiger partial charge in [-0.1, -0.05) is 38.5 Å². The lowest BCUT2D eigenvalue weighted by molar-refractivity contribution is -0.134. The van der Waals surface area contributed by atoms with Crippen molar-refractivity contribution >= 4 is 17.8 Å². The molecular formula is C18H30N4O3. The van der Waals surface area contributed by atoms with E-state index in [1.807, 2.05) is 0 Å². The SMILES string of the molecule is O=C(CN1C(=O)NC2(CCCC2)C1=O)NCCNC1CCCCCC1. The number of carbonyl (C=O) groups is 3. The summed E-state index contributed by atoms with van der Waals surface area (Å²) in [5, 5.41) is 9.10. The van der Waals surface area contributed by atoms with Gasteiger partial charge in [0.15, 0.2) is 0 Å². The molecule has 140 valence electrons. The Hall–Kier alpha value is -1.63. The maximum absolute atomic E-state index is 12.5. The number of amides is 4. The van der Waals surface area contributed by atoms with Crippen molar-refractivity contribution in [3.63, 3.8) is 0 Å². The van der Waals surface area contributed by atoms with Gasteiger partial charge < -0.3 is 16.0 Å². The average Bonchev–Trinajstić information content (AvgIpc) is 3.02. The van der Waals surface area contributed by atoms with E-state index < -0.39 is 11.6 Å². The standard InChI is InChI=1S/C18H30N4O3/c23-15(20-12-11-19-14-7-3-1-2-4-8-14)13-22-16(24)18(21-17(22)25)9-5-6-10-18/h14,19H,1-13H2,(H,20,23)(H,21,25). The van der Waals surface area contributed by atoms with Gasteiger partial charge in [-0.2, -0.15) is 0 Å². The van der Waals surface area contributed by atoms with Crippen molar-refractivity contribution in [3.8, 4) is 0 Å². The summed E-state index contributed by atoms with van der Waals surface area (Å²) in [6.07, 6.45) is 10.9. The maximum Gasteiger partial charge on any atom is 0.325 e. The van der Waals surface area contributed by atoms with E-state index in [-0.39, 0.29) is 18.4 Å². The monoisotopic (exact) mass is 350 g/mol. The van der Waals surface area contributed by atoms with E-state index in [9.17, 15) is 14.4 Å². The predicted molar refractivity (Wildman–Crippen MR) is 93.9 cm³/mol. The summed E-state index contributed by atoms with van der Waals surface area (Å²) in [5.41, 5.74) is -0.738. The highest BCUT2D eigenvalue weighted by Gasteiger charge is 2.52. The van der Waals surface area contributed by atoms with Crippen LogP contribution in [0.15, 0.2) is 0 Å². The van der Waals surface area contributed by atoms with Crippen LogP contribution in [0.4, 0.5) is 4.79 Å². The van der Waals surface area contributed by atoms with Crippen LogP contribution in [0.1, 0.15) is 64.2 Å². The average molecular weight is 350 g/mol. The van der Waals surface area contributed by atoms with Gasteiger partial charge >= 0.3 is 6.03 Å². The van der Waals surface area contributed by atoms with Crippen LogP contribution in [0.5, 0.6) is 0 Å². The van der Waals surface area contributed by atoms with Gasteiger partial charge in [-0.3, -0.25) is 14.5 Å². The molecule has 3 N–H and O–H groups in total. The van der Waals surface area contributed by atoms with Gasteiger partial charge in [0, 0.05) is 19.1 Å². The van der Waals surface area contributed by atoms with Crippen molar-refractivity contribution in [1.29, 1.82) is 0 Å². The van der Waals surface area contributed by atoms with Crippen molar-refractivity contribution in [2.75, 3.05) is 19.6 Å². The second-order valence-electron chi connectivity index (χ2n) is 7.60. The molecular weight excluding hydrogens is 320 g/mol. The van der Waals surface area contributed by atoms with Crippen LogP contribution in [0, 0.1) is 0 Å². The molecule has 4 amide bonds. The van der Waals surface area contributed by atoms with Crippen molar-refractivity contribution in [3.05, 3.63) is 0 Å². The largest absolute Gasteiger partial charge is 0.353 e. The number of nitrogens with zero attached hydrogens (tertiary/aromatic N) is 1. The van der Waals surface area contributed by atoms with Gasteiger partial charge in [0.05, 0.1) is 0 Å². The van der Waals surface area contributed by atoms with Gasteiger partial charge in [0.1, 0.15) is 12.1 Å². The lowest BCUT2D eigenvalue weighted by atomic mass is 9.98. The molecule has 0 aromatic carbocycles. The highest BCUT2D eigenvalue weighted by Crippen LogP contribution is 2.34. The molecule has 1 saturated heterocycles. The van der Waals surface area contributed by atoms with Crippen molar-refractivity contribution in [2.45, 2.75) is 75.8 Å². The van der Waals surface area contributed by atoms with E-state index in [1.54, 1.807) is 0 Å². The molecule has 7 heteroatoms. The molecule has 0 aromatic rings. The van der Waals surface area contributed by atoms with E-state index in [1.165, 1.54) is 38.5 Å². The normalized spacial score (nSPS) is 23.8. The van der Waals surface area contributed by atoms with Crippen molar-refractivity contribution < 1.29 is 14.4 Å². The minimum Gasteiger partial charge on any atom is -0.353 e. The first-order chi connectivity index (χ1) is 12.1. The van der Waals surface area contributed by atoms with Crippen LogP contribution in [-0.4, -0.2) is 54.0 Å². The first-order valence-electron chi connectivity index (χ1n) is 9.75. The fraction of sp³-hybridized carbons (Fsp3) is 0.833. The van der Waals surface area contributed by atoms with Crippen LogP contribution in [0.25, 0.3) is 0 Å². The molecule has 2 saturated carbocycles. The fourth-order valence-electron chi connectivity index (χ4n) is 4.30. The third-order valence-corrected chi connectivity index (χ3v) is 5.74. The Balaban J connectivity index is 1.37. The van der Waals surface area contributed by atoms with Crippen LogP contribution < -0.4 is 16.0 Å². The zero-order chi connectivity index (χ0) is 17.7. The summed E-state index contributed by atoms with van der Waals surface area (Å²) in [4.78, 5) is 37.7. The zero-order valence-corrected chi connectivity index (χ0v) is 14.9. The molecule has 0 aromatic heterocycles. The molecule has 1 aliphatic heterocycles. The van der Waals surface area contributed by atoms with E-state index in [2.05, 4.69) is 16.0 Å². The minimum atomic E-state index is -0.738. The molecule has 0 atom stereocenters. The summed E-state index contributed by atoms with van der Waals surface area (Å²) in [6, 6.07) is 0.117. The topological polar surface area (TPSA) is 90.5 Å². The number of urea groups is 1. The fourth-order valence-corrected chi connectivity index (χ4v) is 4.30. The number of rotatable bonds is 6. The summed E-state index contributed by atoms with van der Waals surface area (Å²) in [7, 11) is 0. The predicted octanol–water partition coefficient (Wildman–Crippen LogP) is 1.28. The number of imide groups is 1. The Bertz CT molecular complexity index is 508. The Morgan fingerprint density at radius 3 is 2.40 bits per heavy atom. The number of hydrogen-bond acceptors (Lipinski definition) is 4. The molecule has 1 heterocycles. The van der Waals surface area contributed by atoms with Crippen molar-refractivity contribution in [2.24, 2.45) is 0 Å². The van der Waals surface area contributed by atoms with Gasteiger partial charge in [-0.25, -0.2) is 4.79 Å². The summed E-state index contributed by atoms with van der Waals surface area (Å²) in [6.45, 7) is 1.06. The summed E-state index contributed by atoms with van der Waals surface area (Å²) < 4.78 is 0. The molecule has 2 aliphatic carbocycles. The molecule has 0 unspecified atom stereocenters. The van der Waals surface area contributed by atoms with E-state index in [0.717, 1.165) is 24.3 Å². The first-order valence-corrected chi connectivity index (χ1v) is 9.75. The molecule has 7 nitrogen and oxygen atoms in total. The Morgan fingerprint density at radius 1 is 1.04 bits per heavy atom. The molecule has 0 radical (unpaired) electrons. The van der Waals surface area contributed by atoms with Crippen LogP contribution in [0.2, 0.25) is 0 Å². The zero-order valence-electron chi connectivity index (χ0n) is 14.9. The molecule has 1 spiro atoms. The lowest BCUT2D eigenvalue weighted by Gasteiger charge is -2.20. The maximum atomic E-state index is 12.5. The smallest absolute Gasteiger partial charge is 0.325 e. The third-order valence-electron chi connectivity index (χ3n) is 5.74. The molecule has 25 heavy (non-hydrogen) atoms. The Morgan fingerprint density at radius 2 is 1.72 bits per heavy atom. The molecule has 3 fully saturated rings. The van der Waals surface area contributed by atoms with Crippen LogP contribution >= 0.6 is 0 Å². The van der Waals surface area contributed by atoms with Crippen LogP contribution in [-0.2, 0) is 9.59 Å². The highest BCUT2D eigenvalue weighted by atomic mass is 16.2. The number of carbonyl (C=O) groups excluding carboxylic acids is 3. The molecule has 3 rings (SSSR count). The second-order valence-corrected chi connectivity index (χ2v) is 7.60. The quantitative estimate of drug-likeness (QED) is 0.382. The van der Waals surface area contributed by atoms with Gasteiger partial charge in [0.2, 0.25) is 5.91 Å². The molecule has 3 aliphatic rings. The number of nitrogens with one attached hydrogen (secondary N) is 3. The highest BCUT2D eigenvalue weighted by molar-refractivity contribution is 6.09. The Kier molecular flexibility index (Phi) is 5.93. The van der Waals surface area contributed by atoms with Gasteiger partial charge in [-0.05, 0) is 25.7 Å². The lowest BCUT2D eigenvalue weighted by Crippen LogP contribution is -2.46. The number of hydrogen-bond donors (Lipinski definition) is 3. The van der Waals surface area contributed by atoms with E-state index in [0.29, 0.717) is 25.4 Å². The third kappa shape index (κ3) is 4.32.